The monoisotopic (exact) mass is 265 g/mol. The summed E-state index contributed by atoms with van der Waals surface area (Å²) >= 11 is 5.88. The van der Waals surface area contributed by atoms with Gasteiger partial charge in [-0.2, -0.15) is 0 Å². The minimum atomic E-state index is 0.594. The van der Waals surface area contributed by atoms with Crippen LogP contribution in [0, 0.1) is 5.92 Å². The van der Waals surface area contributed by atoms with Gasteiger partial charge in [-0.15, -0.1) is 0 Å². The van der Waals surface area contributed by atoms with Crippen molar-refractivity contribution in [3.8, 4) is 0 Å². The molecule has 1 saturated carbocycles. The zero-order valence-electron chi connectivity index (χ0n) is 11.2. The zero-order chi connectivity index (χ0) is 13.1. The van der Waals surface area contributed by atoms with Gasteiger partial charge in [0.25, 0.3) is 0 Å². The predicted octanol–water partition coefficient (Wildman–Crippen LogP) is 2.76. The summed E-state index contributed by atoms with van der Waals surface area (Å²) in [5.74, 6) is 1.73. The van der Waals surface area contributed by atoms with Crippen LogP contribution < -0.4 is 5.32 Å². The Balaban J connectivity index is 1.93. The first-order valence-electron chi connectivity index (χ1n) is 6.29. The SMILES string of the molecule is CN=C(NC1CC1C)N(C)Cc1ccc(Cl)cc1. The molecular formula is C14H20ClN3. The van der Waals surface area contributed by atoms with Crippen molar-refractivity contribution in [3.05, 3.63) is 34.9 Å². The lowest BCUT2D eigenvalue weighted by Crippen LogP contribution is -2.40. The summed E-state index contributed by atoms with van der Waals surface area (Å²) in [5.41, 5.74) is 1.23. The number of rotatable bonds is 3. The molecule has 1 N–H and O–H groups in total. The Morgan fingerprint density at radius 1 is 1.44 bits per heavy atom. The minimum Gasteiger partial charge on any atom is -0.353 e. The van der Waals surface area contributed by atoms with Crippen LogP contribution in [-0.2, 0) is 6.54 Å². The largest absolute Gasteiger partial charge is 0.353 e. The van der Waals surface area contributed by atoms with E-state index in [0.29, 0.717) is 6.04 Å². The molecule has 0 amide bonds. The van der Waals surface area contributed by atoms with Crippen LogP contribution in [0.1, 0.15) is 18.9 Å². The van der Waals surface area contributed by atoms with E-state index in [9.17, 15) is 0 Å². The van der Waals surface area contributed by atoms with Crippen LogP contribution >= 0.6 is 11.6 Å². The normalized spacial score (nSPS) is 22.8. The highest BCUT2D eigenvalue weighted by Gasteiger charge is 2.33. The molecule has 1 fully saturated rings. The van der Waals surface area contributed by atoms with Crippen molar-refractivity contribution < 1.29 is 0 Å². The van der Waals surface area contributed by atoms with Crippen molar-refractivity contribution in [1.82, 2.24) is 10.2 Å². The van der Waals surface area contributed by atoms with E-state index >= 15 is 0 Å². The Hall–Kier alpha value is -1.22. The number of nitrogens with one attached hydrogen (secondary N) is 1. The van der Waals surface area contributed by atoms with Crippen molar-refractivity contribution in [2.75, 3.05) is 14.1 Å². The lowest BCUT2D eigenvalue weighted by molar-refractivity contribution is 0.474. The number of benzene rings is 1. The molecule has 18 heavy (non-hydrogen) atoms. The molecule has 4 heteroatoms. The molecule has 0 saturated heterocycles. The molecule has 2 unspecified atom stereocenters. The van der Waals surface area contributed by atoms with Gasteiger partial charge in [-0.05, 0) is 30.0 Å². The third kappa shape index (κ3) is 3.39. The van der Waals surface area contributed by atoms with Gasteiger partial charge in [-0.3, -0.25) is 4.99 Å². The first-order chi connectivity index (χ1) is 8.60. The quantitative estimate of drug-likeness (QED) is 0.672. The summed E-state index contributed by atoms with van der Waals surface area (Å²) in [6.45, 7) is 3.09. The van der Waals surface area contributed by atoms with Crippen molar-refractivity contribution in [3.63, 3.8) is 0 Å². The Morgan fingerprint density at radius 2 is 2.06 bits per heavy atom. The maximum absolute atomic E-state index is 5.88. The molecule has 0 aromatic heterocycles. The van der Waals surface area contributed by atoms with Gasteiger partial charge in [0.1, 0.15) is 0 Å². The molecule has 2 atom stereocenters. The van der Waals surface area contributed by atoms with E-state index in [1.807, 2.05) is 31.3 Å². The third-order valence-corrected chi connectivity index (χ3v) is 3.58. The molecule has 1 aromatic rings. The Kier molecular flexibility index (Phi) is 4.12. The Morgan fingerprint density at radius 3 is 2.56 bits per heavy atom. The number of hydrogen-bond acceptors (Lipinski definition) is 1. The van der Waals surface area contributed by atoms with Crippen LogP contribution in [0.2, 0.25) is 5.02 Å². The summed E-state index contributed by atoms with van der Waals surface area (Å²) in [4.78, 5) is 6.45. The molecule has 0 bridgehead atoms. The third-order valence-electron chi connectivity index (χ3n) is 3.33. The molecule has 1 aliphatic rings. The van der Waals surface area contributed by atoms with E-state index < -0.39 is 0 Å². The van der Waals surface area contributed by atoms with Gasteiger partial charge in [0.05, 0.1) is 0 Å². The molecule has 0 radical (unpaired) electrons. The number of hydrogen-bond donors (Lipinski definition) is 1. The van der Waals surface area contributed by atoms with Gasteiger partial charge < -0.3 is 10.2 Å². The second kappa shape index (κ2) is 5.61. The van der Waals surface area contributed by atoms with Gasteiger partial charge in [0.2, 0.25) is 0 Å². The molecule has 0 heterocycles. The molecular weight excluding hydrogens is 246 g/mol. The maximum Gasteiger partial charge on any atom is 0.193 e. The van der Waals surface area contributed by atoms with Crippen LogP contribution in [0.3, 0.4) is 0 Å². The average Bonchev–Trinajstić information content (AvgIpc) is 3.05. The summed E-state index contributed by atoms with van der Waals surface area (Å²) in [7, 11) is 3.88. The second-order valence-corrected chi connectivity index (χ2v) is 5.43. The molecule has 0 aliphatic heterocycles. The van der Waals surface area contributed by atoms with Gasteiger partial charge >= 0.3 is 0 Å². The smallest absolute Gasteiger partial charge is 0.193 e. The van der Waals surface area contributed by atoms with Crippen molar-refractivity contribution in [2.45, 2.75) is 25.9 Å². The van der Waals surface area contributed by atoms with Crippen molar-refractivity contribution >= 4 is 17.6 Å². The number of guanidine groups is 1. The van der Waals surface area contributed by atoms with Crippen LogP contribution in [0.4, 0.5) is 0 Å². The second-order valence-electron chi connectivity index (χ2n) is 4.99. The van der Waals surface area contributed by atoms with Crippen molar-refractivity contribution in [1.29, 1.82) is 0 Å². The predicted molar refractivity (Wildman–Crippen MR) is 77.0 cm³/mol. The highest BCUT2D eigenvalue weighted by Crippen LogP contribution is 2.29. The highest BCUT2D eigenvalue weighted by atomic mass is 35.5. The van der Waals surface area contributed by atoms with Gasteiger partial charge in [0.15, 0.2) is 5.96 Å². The Labute approximate surface area is 114 Å². The van der Waals surface area contributed by atoms with E-state index in [-0.39, 0.29) is 0 Å². The van der Waals surface area contributed by atoms with E-state index in [4.69, 9.17) is 11.6 Å². The topological polar surface area (TPSA) is 27.6 Å². The van der Waals surface area contributed by atoms with Crippen LogP contribution in [-0.4, -0.2) is 31.0 Å². The van der Waals surface area contributed by atoms with E-state index in [2.05, 4.69) is 29.2 Å². The highest BCUT2D eigenvalue weighted by molar-refractivity contribution is 6.30. The van der Waals surface area contributed by atoms with E-state index in [1.54, 1.807) is 0 Å². The van der Waals surface area contributed by atoms with Crippen LogP contribution in [0.25, 0.3) is 0 Å². The van der Waals surface area contributed by atoms with Crippen LogP contribution in [0.15, 0.2) is 29.3 Å². The molecule has 1 aromatic carbocycles. The summed E-state index contributed by atoms with van der Waals surface area (Å²) in [6.07, 6.45) is 1.24. The Bertz CT molecular complexity index is 427. The first kappa shape index (κ1) is 13.2. The van der Waals surface area contributed by atoms with Crippen LogP contribution in [0.5, 0.6) is 0 Å². The molecule has 98 valence electrons. The summed E-state index contributed by atoms with van der Waals surface area (Å²) in [6, 6.07) is 8.53. The van der Waals surface area contributed by atoms with Crippen molar-refractivity contribution in [2.24, 2.45) is 10.9 Å². The number of aliphatic imine (C=N–C) groups is 1. The molecule has 0 spiro atoms. The molecule has 1 aliphatic carbocycles. The average molecular weight is 266 g/mol. The zero-order valence-corrected chi connectivity index (χ0v) is 11.9. The standard InChI is InChI=1S/C14H20ClN3/c1-10-8-13(10)17-14(16-2)18(3)9-11-4-6-12(15)7-5-11/h4-7,10,13H,8-9H2,1-3H3,(H,16,17). The van der Waals surface area contributed by atoms with E-state index in [1.165, 1.54) is 12.0 Å². The number of halogens is 1. The number of nitrogens with zero attached hydrogens (tertiary/aromatic N) is 2. The van der Waals surface area contributed by atoms with Gasteiger partial charge in [-0.1, -0.05) is 30.7 Å². The van der Waals surface area contributed by atoms with E-state index in [0.717, 1.165) is 23.4 Å². The molecule has 3 nitrogen and oxygen atoms in total. The summed E-state index contributed by atoms with van der Waals surface area (Å²) in [5, 5.41) is 4.25. The van der Waals surface area contributed by atoms with Gasteiger partial charge in [0, 0.05) is 31.7 Å². The fourth-order valence-corrected chi connectivity index (χ4v) is 2.10. The lowest BCUT2D eigenvalue weighted by Gasteiger charge is -2.22. The summed E-state index contributed by atoms with van der Waals surface area (Å²) < 4.78 is 0. The maximum atomic E-state index is 5.88. The first-order valence-corrected chi connectivity index (χ1v) is 6.67. The lowest BCUT2D eigenvalue weighted by atomic mass is 10.2. The molecule has 2 rings (SSSR count). The van der Waals surface area contributed by atoms with Gasteiger partial charge in [-0.25, -0.2) is 0 Å². The minimum absolute atomic E-state index is 0.594. The fourth-order valence-electron chi connectivity index (χ4n) is 1.97. The fraction of sp³-hybridized carbons (Fsp3) is 0.500.